The van der Waals surface area contributed by atoms with Crippen molar-refractivity contribution in [1.29, 1.82) is 0 Å². The van der Waals surface area contributed by atoms with Gasteiger partial charge in [-0.2, -0.15) is 0 Å². The molecule has 0 saturated heterocycles. The van der Waals surface area contributed by atoms with E-state index in [0.29, 0.717) is 25.0 Å². The lowest BCUT2D eigenvalue weighted by atomic mass is 9.75. The predicted octanol–water partition coefficient (Wildman–Crippen LogP) is 2.23. The van der Waals surface area contributed by atoms with E-state index in [4.69, 9.17) is 5.73 Å². The molecule has 2 unspecified atom stereocenters. The molecule has 0 aromatic carbocycles. The van der Waals surface area contributed by atoms with E-state index in [1.165, 1.54) is 25.7 Å². The first-order chi connectivity index (χ1) is 10.1. The molecule has 2 aliphatic carbocycles. The Balaban J connectivity index is 2.04. The average molecular weight is 295 g/mol. The Hall–Kier alpha value is -0.610. The fraction of sp³-hybridized carbons (Fsp3) is 0.941. The summed E-state index contributed by atoms with van der Waals surface area (Å²) in [7, 11) is 0. The molecule has 4 heteroatoms. The van der Waals surface area contributed by atoms with Crippen molar-refractivity contribution in [2.24, 2.45) is 11.7 Å². The molecule has 2 saturated carbocycles. The second-order valence-electron chi connectivity index (χ2n) is 7.06. The van der Waals surface area contributed by atoms with Gasteiger partial charge in [0, 0.05) is 24.7 Å². The first-order valence-corrected chi connectivity index (χ1v) is 8.81. The highest BCUT2D eigenvalue weighted by Crippen LogP contribution is 2.36. The summed E-state index contributed by atoms with van der Waals surface area (Å²) in [6.45, 7) is 9.55. The number of carbonyl (C=O) groups excluding carboxylic acids is 1. The maximum absolute atomic E-state index is 12.7. The molecule has 21 heavy (non-hydrogen) atoms. The second-order valence-corrected chi connectivity index (χ2v) is 7.06. The Morgan fingerprint density at radius 2 is 1.95 bits per heavy atom. The standard InChI is InChI=1S/C17H33N3O/c1-4-19(12-16(21)20(5-2)15-8-9-15)17(13-18)10-6-7-14(3)11-17/h14-15H,4-13,18H2,1-3H3. The van der Waals surface area contributed by atoms with Crippen molar-refractivity contribution in [3.8, 4) is 0 Å². The highest BCUT2D eigenvalue weighted by molar-refractivity contribution is 5.79. The molecule has 2 rings (SSSR count). The molecule has 0 spiro atoms. The Kier molecular flexibility index (Phi) is 5.67. The van der Waals surface area contributed by atoms with Crippen molar-refractivity contribution in [2.75, 3.05) is 26.2 Å². The van der Waals surface area contributed by atoms with Gasteiger partial charge in [0.2, 0.25) is 5.91 Å². The number of carbonyl (C=O) groups is 1. The van der Waals surface area contributed by atoms with E-state index in [0.717, 1.165) is 31.8 Å². The molecule has 2 N–H and O–H groups in total. The third-order valence-electron chi connectivity index (χ3n) is 5.47. The molecule has 2 atom stereocenters. The first kappa shape index (κ1) is 16.8. The van der Waals surface area contributed by atoms with Crippen LogP contribution < -0.4 is 5.73 Å². The molecule has 2 fully saturated rings. The van der Waals surface area contributed by atoms with Gasteiger partial charge in [0.15, 0.2) is 0 Å². The van der Waals surface area contributed by atoms with E-state index < -0.39 is 0 Å². The van der Waals surface area contributed by atoms with Crippen LogP contribution in [0, 0.1) is 5.92 Å². The topological polar surface area (TPSA) is 49.6 Å². The minimum atomic E-state index is 0.0467. The Labute approximate surface area is 130 Å². The van der Waals surface area contributed by atoms with Gasteiger partial charge in [-0.15, -0.1) is 0 Å². The summed E-state index contributed by atoms with van der Waals surface area (Å²) >= 11 is 0. The maximum atomic E-state index is 12.7. The van der Waals surface area contributed by atoms with Gasteiger partial charge in [0.05, 0.1) is 6.54 Å². The van der Waals surface area contributed by atoms with Crippen molar-refractivity contribution >= 4 is 5.91 Å². The minimum absolute atomic E-state index is 0.0467. The zero-order valence-electron chi connectivity index (χ0n) is 14.1. The second kappa shape index (κ2) is 7.10. The van der Waals surface area contributed by atoms with Gasteiger partial charge in [-0.25, -0.2) is 0 Å². The largest absolute Gasteiger partial charge is 0.339 e. The lowest BCUT2D eigenvalue weighted by Gasteiger charge is -2.47. The van der Waals surface area contributed by atoms with Crippen molar-refractivity contribution in [3.05, 3.63) is 0 Å². The summed E-state index contributed by atoms with van der Waals surface area (Å²) in [4.78, 5) is 17.1. The van der Waals surface area contributed by atoms with Gasteiger partial charge >= 0.3 is 0 Å². The van der Waals surface area contributed by atoms with Gasteiger partial charge in [-0.3, -0.25) is 9.69 Å². The Morgan fingerprint density at radius 3 is 2.43 bits per heavy atom. The summed E-state index contributed by atoms with van der Waals surface area (Å²) in [6, 6.07) is 0.514. The van der Waals surface area contributed by atoms with Gasteiger partial charge < -0.3 is 10.6 Å². The molecule has 0 aromatic rings. The van der Waals surface area contributed by atoms with Crippen LogP contribution in [-0.2, 0) is 4.79 Å². The molecule has 0 aromatic heterocycles. The molecule has 4 nitrogen and oxygen atoms in total. The lowest BCUT2D eigenvalue weighted by molar-refractivity contribution is -0.135. The molecule has 122 valence electrons. The Morgan fingerprint density at radius 1 is 1.24 bits per heavy atom. The minimum Gasteiger partial charge on any atom is -0.339 e. The molecule has 0 bridgehead atoms. The molecule has 1 amide bonds. The molecule has 0 heterocycles. The van der Waals surface area contributed by atoms with Crippen molar-refractivity contribution in [1.82, 2.24) is 9.80 Å². The van der Waals surface area contributed by atoms with E-state index in [1.807, 2.05) is 0 Å². The summed E-state index contributed by atoms with van der Waals surface area (Å²) in [6.07, 6.45) is 7.19. The monoisotopic (exact) mass is 295 g/mol. The SMILES string of the molecule is CCN(C(=O)CN(CC)C1(CN)CCCC(C)C1)C1CC1. The van der Waals surface area contributed by atoms with Crippen molar-refractivity contribution in [3.63, 3.8) is 0 Å². The molecular weight excluding hydrogens is 262 g/mol. The van der Waals surface area contributed by atoms with Gasteiger partial charge in [-0.05, 0) is 45.1 Å². The number of hydrogen-bond acceptors (Lipinski definition) is 3. The van der Waals surface area contributed by atoms with Crippen molar-refractivity contribution < 1.29 is 4.79 Å². The zero-order valence-corrected chi connectivity index (χ0v) is 14.1. The van der Waals surface area contributed by atoms with E-state index in [-0.39, 0.29) is 5.54 Å². The molecular formula is C17H33N3O. The quantitative estimate of drug-likeness (QED) is 0.783. The number of nitrogens with zero attached hydrogens (tertiary/aromatic N) is 2. The van der Waals surface area contributed by atoms with Crippen LogP contribution in [0.5, 0.6) is 0 Å². The van der Waals surface area contributed by atoms with Crippen LogP contribution in [0.25, 0.3) is 0 Å². The lowest BCUT2D eigenvalue weighted by Crippen LogP contribution is -2.58. The van der Waals surface area contributed by atoms with Gasteiger partial charge in [0.1, 0.15) is 0 Å². The fourth-order valence-corrected chi connectivity index (χ4v) is 4.13. The average Bonchev–Trinajstić information content (AvgIpc) is 3.30. The smallest absolute Gasteiger partial charge is 0.237 e. The van der Waals surface area contributed by atoms with E-state index in [1.54, 1.807) is 0 Å². The summed E-state index contributed by atoms with van der Waals surface area (Å²) in [5, 5.41) is 0. The highest BCUT2D eigenvalue weighted by Gasteiger charge is 2.40. The van der Waals surface area contributed by atoms with E-state index >= 15 is 0 Å². The summed E-state index contributed by atoms with van der Waals surface area (Å²) in [5.41, 5.74) is 6.21. The van der Waals surface area contributed by atoms with Gasteiger partial charge in [0.25, 0.3) is 0 Å². The number of rotatable bonds is 7. The fourth-order valence-electron chi connectivity index (χ4n) is 4.13. The molecule has 2 aliphatic rings. The summed E-state index contributed by atoms with van der Waals surface area (Å²) in [5.74, 6) is 1.02. The van der Waals surface area contributed by atoms with E-state index in [9.17, 15) is 4.79 Å². The summed E-state index contributed by atoms with van der Waals surface area (Å²) < 4.78 is 0. The third-order valence-corrected chi connectivity index (χ3v) is 5.47. The first-order valence-electron chi connectivity index (χ1n) is 8.81. The molecule has 0 radical (unpaired) electrons. The number of amides is 1. The van der Waals surface area contributed by atoms with Crippen LogP contribution in [0.4, 0.5) is 0 Å². The predicted molar refractivity (Wildman–Crippen MR) is 87.1 cm³/mol. The zero-order chi connectivity index (χ0) is 15.5. The van der Waals surface area contributed by atoms with Crippen LogP contribution in [0.15, 0.2) is 0 Å². The normalized spacial score (nSPS) is 29.7. The highest BCUT2D eigenvalue weighted by atomic mass is 16.2. The number of nitrogens with two attached hydrogens (primary N) is 1. The van der Waals surface area contributed by atoms with Crippen LogP contribution >= 0.6 is 0 Å². The van der Waals surface area contributed by atoms with Crippen LogP contribution in [0.2, 0.25) is 0 Å². The third kappa shape index (κ3) is 3.78. The van der Waals surface area contributed by atoms with Crippen LogP contribution in [0.3, 0.4) is 0 Å². The van der Waals surface area contributed by atoms with Crippen LogP contribution in [-0.4, -0.2) is 53.5 Å². The van der Waals surface area contributed by atoms with E-state index in [2.05, 4.69) is 30.6 Å². The number of likely N-dealkylation sites (N-methyl/N-ethyl adjacent to an activating group) is 2. The van der Waals surface area contributed by atoms with Crippen molar-refractivity contribution in [2.45, 2.75) is 70.9 Å². The maximum Gasteiger partial charge on any atom is 0.237 e. The Bertz CT molecular complexity index is 356. The van der Waals surface area contributed by atoms with Crippen LogP contribution in [0.1, 0.15) is 59.3 Å². The molecule has 0 aliphatic heterocycles. The van der Waals surface area contributed by atoms with Gasteiger partial charge in [-0.1, -0.05) is 26.7 Å². The number of hydrogen-bond donors (Lipinski definition) is 1.